The van der Waals surface area contributed by atoms with E-state index in [1.165, 1.54) is 5.56 Å². The van der Waals surface area contributed by atoms with Crippen molar-refractivity contribution in [2.75, 3.05) is 0 Å². The van der Waals surface area contributed by atoms with E-state index in [0.29, 0.717) is 5.75 Å². The molecule has 1 aromatic rings. The molecule has 1 heteroatoms. The summed E-state index contributed by atoms with van der Waals surface area (Å²) >= 11 is 0. The van der Waals surface area contributed by atoms with E-state index >= 15 is 0 Å². The van der Waals surface area contributed by atoms with E-state index in [-0.39, 0.29) is 0 Å². The first kappa shape index (κ1) is 8.85. The maximum Gasteiger partial charge on any atom is 0.115 e. The smallest absolute Gasteiger partial charge is 0.115 e. The van der Waals surface area contributed by atoms with Crippen LogP contribution in [-0.4, -0.2) is 5.11 Å². The van der Waals surface area contributed by atoms with Gasteiger partial charge in [0.15, 0.2) is 0 Å². The topological polar surface area (TPSA) is 20.2 Å². The SMILES string of the molecule is CC=CCCc1ccc(O)cc1. The van der Waals surface area contributed by atoms with Crippen LogP contribution in [-0.2, 0) is 6.42 Å². The number of hydrogen-bond donors (Lipinski definition) is 1. The molecule has 0 fully saturated rings. The highest BCUT2D eigenvalue weighted by atomic mass is 16.3. The van der Waals surface area contributed by atoms with Gasteiger partial charge in [-0.1, -0.05) is 24.3 Å². The summed E-state index contributed by atoms with van der Waals surface area (Å²) in [5.41, 5.74) is 1.27. The van der Waals surface area contributed by atoms with Gasteiger partial charge in [-0.2, -0.15) is 0 Å². The fourth-order valence-corrected chi connectivity index (χ4v) is 1.08. The van der Waals surface area contributed by atoms with Crippen LogP contribution in [0.15, 0.2) is 36.4 Å². The van der Waals surface area contributed by atoms with Gasteiger partial charge in [0.2, 0.25) is 0 Å². The predicted molar refractivity (Wildman–Crippen MR) is 51.2 cm³/mol. The van der Waals surface area contributed by atoms with E-state index in [0.717, 1.165) is 12.8 Å². The molecule has 0 heterocycles. The standard InChI is InChI=1S/C11H14O/c1-2-3-4-5-10-6-8-11(12)9-7-10/h2-3,6-9,12H,4-5H2,1H3. The second-order valence-corrected chi connectivity index (χ2v) is 2.77. The molecule has 0 amide bonds. The Kier molecular flexibility index (Phi) is 3.39. The quantitative estimate of drug-likeness (QED) is 0.677. The molecule has 12 heavy (non-hydrogen) atoms. The summed E-state index contributed by atoms with van der Waals surface area (Å²) in [5.74, 6) is 0.338. The van der Waals surface area contributed by atoms with Gasteiger partial charge in [0, 0.05) is 0 Å². The van der Waals surface area contributed by atoms with Gasteiger partial charge < -0.3 is 5.11 Å². The average Bonchev–Trinajstić information content (AvgIpc) is 2.09. The predicted octanol–water partition coefficient (Wildman–Crippen LogP) is 2.90. The maximum atomic E-state index is 9.01. The van der Waals surface area contributed by atoms with Crippen LogP contribution in [0, 0.1) is 0 Å². The van der Waals surface area contributed by atoms with E-state index in [2.05, 4.69) is 12.2 Å². The second-order valence-electron chi connectivity index (χ2n) is 2.77. The summed E-state index contributed by atoms with van der Waals surface area (Å²) in [6.07, 6.45) is 6.32. The minimum absolute atomic E-state index is 0.338. The van der Waals surface area contributed by atoms with Crippen molar-refractivity contribution >= 4 is 0 Å². The molecular weight excluding hydrogens is 148 g/mol. The van der Waals surface area contributed by atoms with Crippen molar-refractivity contribution in [2.24, 2.45) is 0 Å². The molecule has 1 rings (SSSR count). The molecule has 0 bridgehead atoms. The molecule has 0 aromatic heterocycles. The molecule has 1 N–H and O–H groups in total. The number of hydrogen-bond acceptors (Lipinski definition) is 1. The Labute approximate surface area is 73.4 Å². The Morgan fingerprint density at radius 3 is 2.50 bits per heavy atom. The van der Waals surface area contributed by atoms with Crippen LogP contribution in [0.4, 0.5) is 0 Å². The third-order valence-electron chi connectivity index (χ3n) is 1.77. The molecule has 0 saturated carbocycles. The van der Waals surface area contributed by atoms with Crippen molar-refractivity contribution in [1.82, 2.24) is 0 Å². The van der Waals surface area contributed by atoms with Gasteiger partial charge in [0.05, 0.1) is 0 Å². The molecular formula is C11H14O. The minimum Gasteiger partial charge on any atom is -0.508 e. The summed E-state index contributed by atoms with van der Waals surface area (Å²) in [6.45, 7) is 2.02. The molecule has 0 aliphatic heterocycles. The summed E-state index contributed by atoms with van der Waals surface area (Å²) in [5, 5.41) is 9.01. The first-order valence-corrected chi connectivity index (χ1v) is 4.22. The summed E-state index contributed by atoms with van der Waals surface area (Å²) in [6, 6.07) is 7.37. The third kappa shape index (κ3) is 2.79. The number of aryl methyl sites for hydroxylation is 1. The molecule has 0 unspecified atom stereocenters. The largest absolute Gasteiger partial charge is 0.508 e. The molecule has 0 saturated heterocycles. The lowest BCUT2D eigenvalue weighted by atomic mass is 10.1. The molecule has 0 atom stereocenters. The average molecular weight is 162 g/mol. The van der Waals surface area contributed by atoms with Crippen molar-refractivity contribution in [2.45, 2.75) is 19.8 Å². The Morgan fingerprint density at radius 1 is 1.25 bits per heavy atom. The van der Waals surface area contributed by atoms with Crippen LogP contribution >= 0.6 is 0 Å². The summed E-state index contributed by atoms with van der Waals surface area (Å²) in [4.78, 5) is 0. The molecule has 0 spiro atoms. The van der Waals surface area contributed by atoms with Gasteiger partial charge in [-0.05, 0) is 37.5 Å². The first-order valence-electron chi connectivity index (χ1n) is 4.22. The van der Waals surface area contributed by atoms with Crippen molar-refractivity contribution in [3.05, 3.63) is 42.0 Å². The summed E-state index contributed by atoms with van der Waals surface area (Å²) < 4.78 is 0. The Bertz CT molecular complexity index is 246. The first-order chi connectivity index (χ1) is 5.83. The van der Waals surface area contributed by atoms with Crippen molar-refractivity contribution < 1.29 is 5.11 Å². The third-order valence-corrected chi connectivity index (χ3v) is 1.77. The van der Waals surface area contributed by atoms with E-state index in [1.54, 1.807) is 12.1 Å². The Balaban J connectivity index is 2.47. The van der Waals surface area contributed by atoms with Crippen molar-refractivity contribution in [3.63, 3.8) is 0 Å². The second kappa shape index (κ2) is 4.60. The van der Waals surface area contributed by atoms with Gasteiger partial charge in [-0.15, -0.1) is 0 Å². The number of phenols is 1. The number of rotatable bonds is 3. The van der Waals surface area contributed by atoms with Gasteiger partial charge in [-0.25, -0.2) is 0 Å². The van der Waals surface area contributed by atoms with Gasteiger partial charge in [0.1, 0.15) is 5.75 Å². The fraction of sp³-hybridized carbons (Fsp3) is 0.273. The zero-order valence-electron chi connectivity index (χ0n) is 7.33. The molecule has 1 nitrogen and oxygen atoms in total. The highest BCUT2D eigenvalue weighted by molar-refractivity contribution is 5.26. The van der Waals surface area contributed by atoms with Crippen LogP contribution in [0.2, 0.25) is 0 Å². The molecule has 0 aliphatic carbocycles. The molecule has 64 valence electrons. The molecule has 0 radical (unpaired) electrons. The maximum absolute atomic E-state index is 9.01. The highest BCUT2D eigenvalue weighted by Crippen LogP contribution is 2.10. The normalized spacial score (nSPS) is 10.8. The van der Waals surface area contributed by atoms with Gasteiger partial charge in [0.25, 0.3) is 0 Å². The monoisotopic (exact) mass is 162 g/mol. The zero-order valence-corrected chi connectivity index (χ0v) is 7.33. The molecule has 1 aromatic carbocycles. The van der Waals surface area contributed by atoms with Crippen LogP contribution in [0.5, 0.6) is 5.75 Å². The molecule has 0 aliphatic rings. The Morgan fingerprint density at radius 2 is 1.92 bits per heavy atom. The number of aromatic hydroxyl groups is 1. The highest BCUT2D eigenvalue weighted by Gasteiger charge is 1.90. The van der Waals surface area contributed by atoms with Crippen LogP contribution < -0.4 is 0 Å². The Hall–Kier alpha value is -1.24. The van der Waals surface area contributed by atoms with Gasteiger partial charge in [-0.3, -0.25) is 0 Å². The lowest BCUT2D eigenvalue weighted by molar-refractivity contribution is 0.475. The fourth-order valence-electron chi connectivity index (χ4n) is 1.08. The van der Waals surface area contributed by atoms with Crippen molar-refractivity contribution in [3.8, 4) is 5.75 Å². The van der Waals surface area contributed by atoms with Crippen LogP contribution in [0.1, 0.15) is 18.9 Å². The number of benzene rings is 1. The van der Waals surface area contributed by atoms with E-state index in [9.17, 15) is 0 Å². The van der Waals surface area contributed by atoms with Crippen LogP contribution in [0.25, 0.3) is 0 Å². The van der Waals surface area contributed by atoms with E-state index < -0.39 is 0 Å². The minimum atomic E-state index is 0.338. The van der Waals surface area contributed by atoms with E-state index in [4.69, 9.17) is 5.11 Å². The summed E-state index contributed by atoms with van der Waals surface area (Å²) in [7, 11) is 0. The van der Waals surface area contributed by atoms with Crippen LogP contribution in [0.3, 0.4) is 0 Å². The van der Waals surface area contributed by atoms with Gasteiger partial charge >= 0.3 is 0 Å². The lowest BCUT2D eigenvalue weighted by Gasteiger charge is -1.97. The van der Waals surface area contributed by atoms with Crippen molar-refractivity contribution in [1.29, 1.82) is 0 Å². The van der Waals surface area contributed by atoms with E-state index in [1.807, 2.05) is 19.1 Å². The number of phenolic OH excluding ortho intramolecular Hbond substituents is 1. The number of allylic oxidation sites excluding steroid dienone is 2. The lowest BCUT2D eigenvalue weighted by Crippen LogP contribution is -1.81. The zero-order chi connectivity index (χ0) is 8.81.